The maximum absolute atomic E-state index is 13.3. The monoisotopic (exact) mass is 1030 g/mol. The highest BCUT2D eigenvalue weighted by Crippen LogP contribution is 2.72. The number of ether oxygens (including phenoxy) is 13. The van der Waals surface area contributed by atoms with Crippen molar-refractivity contribution in [3.8, 4) is 0 Å². The van der Waals surface area contributed by atoms with Crippen LogP contribution in [0.4, 0.5) is 0 Å². The molecule has 20 nitrogen and oxygen atoms in total. The van der Waals surface area contributed by atoms with E-state index in [2.05, 4.69) is 27.7 Å². The van der Waals surface area contributed by atoms with Gasteiger partial charge in [-0.2, -0.15) is 0 Å². The Labute approximate surface area is 427 Å². The predicted octanol–water partition coefficient (Wildman–Crippen LogP) is 5.43. The molecular formula is C53H78O20. The smallest absolute Gasteiger partial charge is 0.303 e. The number of carbonyl (C=O) groups excluding carboxylic acids is 7. The molecule has 4 saturated carbocycles. The second kappa shape index (κ2) is 21.2. The lowest BCUT2D eigenvalue weighted by Crippen LogP contribution is -2.66. The Bertz CT molecular complexity index is 2120. The van der Waals surface area contributed by atoms with Gasteiger partial charge in [0.2, 0.25) is 5.79 Å². The fourth-order valence-corrected chi connectivity index (χ4v) is 15.5. The molecule has 73 heavy (non-hydrogen) atoms. The van der Waals surface area contributed by atoms with Crippen molar-refractivity contribution in [2.45, 2.75) is 233 Å². The number of fused-ring (bicyclic) bond motifs is 7. The maximum Gasteiger partial charge on any atom is 0.303 e. The Morgan fingerprint density at radius 2 is 1.00 bits per heavy atom. The Kier molecular flexibility index (Phi) is 16.1. The van der Waals surface area contributed by atoms with E-state index in [1.165, 1.54) is 34.6 Å². The molecule has 4 aliphatic carbocycles. The van der Waals surface area contributed by atoms with Crippen molar-refractivity contribution in [3.63, 3.8) is 0 Å². The number of esters is 7. The third kappa shape index (κ3) is 10.6. The van der Waals surface area contributed by atoms with E-state index >= 15 is 0 Å². The molecule has 0 radical (unpaired) electrons. The Morgan fingerprint density at radius 3 is 1.58 bits per heavy atom. The van der Waals surface area contributed by atoms with Gasteiger partial charge in [0.15, 0.2) is 49.2 Å². The molecule has 8 fully saturated rings. The third-order valence-corrected chi connectivity index (χ3v) is 18.1. The van der Waals surface area contributed by atoms with Crippen molar-refractivity contribution in [2.75, 3.05) is 6.61 Å². The molecule has 0 bridgehead atoms. The van der Waals surface area contributed by atoms with Crippen molar-refractivity contribution in [1.29, 1.82) is 0 Å². The SMILES string of the molecule is CC(=O)O[C@H]1CC[C@@]2(C)[C@H](C1)[C@@H](O[C@@H]1O[C@H](C)[C@@H](OC(C)=O)[C@H](O[C@@H]3O[C@@H](C)[C@H](OC(C)=O)[C@@H](OC(C)=O)[C@H]3OC(C)=O)[C@H]1OC(C)=O)C[C@@H]1[C@@H]2CC[C@]2(C)[C@@H]3[C@H](C[C@@H]12)O[C@@]1(OC[C@H](C)C[C@@H]1OC(C)=O)[C@H]3C. The Hall–Kier alpha value is -3.95. The number of hydrogen-bond acceptors (Lipinski definition) is 20. The van der Waals surface area contributed by atoms with Crippen LogP contribution < -0.4 is 0 Å². The van der Waals surface area contributed by atoms with Gasteiger partial charge in [0.05, 0.1) is 31.0 Å². The van der Waals surface area contributed by atoms with Gasteiger partial charge < -0.3 is 61.6 Å². The first kappa shape index (κ1) is 55.3. The largest absolute Gasteiger partial charge is 0.463 e. The zero-order chi connectivity index (χ0) is 53.2. The molecule has 410 valence electrons. The highest BCUT2D eigenvalue weighted by Gasteiger charge is 2.72. The molecule has 24 atom stereocenters. The third-order valence-electron chi connectivity index (χ3n) is 18.1. The molecule has 0 aromatic carbocycles. The lowest BCUT2D eigenvalue weighted by Gasteiger charge is -2.63. The van der Waals surface area contributed by atoms with E-state index in [0.29, 0.717) is 32.3 Å². The molecule has 4 heterocycles. The van der Waals surface area contributed by atoms with Gasteiger partial charge in [-0.25, -0.2) is 0 Å². The van der Waals surface area contributed by atoms with Crippen molar-refractivity contribution in [3.05, 3.63) is 0 Å². The molecule has 20 heteroatoms. The van der Waals surface area contributed by atoms with Crippen LogP contribution >= 0.6 is 0 Å². The number of hydrogen-bond donors (Lipinski definition) is 0. The van der Waals surface area contributed by atoms with E-state index in [-0.39, 0.29) is 76.4 Å². The molecule has 0 unspecified atom stereocenters. The van der Waals surface area contributed by atoms with E-state index in [9.17, 15) is 33.6 Å². The minimum absolute atomic E-state index is 0.0730. The zero-order valence-corrected chi connectivity index (χ0v) is 44.7. The van der Waals surface area contributed by atoms with Gasteiger partial charge in [-0.05, 0) is 112 Å². The molecule has 4 saturated heterocycles. The average Bonchev–Trinajstić information content (AvgIpc) is 3.73. The molecule has 8 rings (SSSR count). The minimum Gasteiger partial charge on any atom is -0.463 e. The summed E-state index contributed by atoms with van der Waals surface area (Å²) in [6, 6.07) is 0. The number of rotatable bonds is 11. The average molecular weight is 1040 g/mol. The first-order chi connectivity index (χ1) is 34.3. The van der Waals surface area contributed by atoms with Crippen LogP contribution in [0.25, 0.3) is 0 Å². The Balaban J connectivity index is 1.14. The summed E-state index contributed by atoms with van der Waals surface area (Å²) < 4.78 is 81.5. The zero-order valence-electron chi connectivity index (χ0n) is 44.7. The van der Waals surface area contributed by atoms with Gasteiger partial charge in [0.1, 0.15) is 12.2 Å². The van der Waals surface area contributed by atoms with Crippen molar-refractivity contribution in [2.24, 2.45) is 52.3 Å². The molecule has 0 N–H and O–H groups in total. The van der Waals surface area contributed by atoms with Crippen LogP contribution in [-0.4, -0.2) is 140 Å². The van der Waals surface area contributed by atoms with Crippen LogP contribution in [0.5, 0.6) is 0 Å². The van der Waals surface area contributed by atoms with Crippen LogP contribution in [-0.2, 0) is 95.1 Å². The fraction of sp³-hybridized carbons (Fsp3) is 0.868. The summed E-state index contributed by atoms with van der Waals surface area (Å²) in [4.78, 5) is 88.7. The van der Waals surface area contributed by atoms with E-state index in [1.54, 1.807) is 13.8 Å². The molecular weight excluding hydrogens is 957 g/mol. The van der Waals surface area contributed by atoms with E-state index in [4.69, 9.17) is 61.6 Å². The van der Waals surface area contributed by atoms with Crippen molar-refractivity contribution < 1.29 is 95.1 Å². The van der Waals surface area contributed by atoms with Gasteiger partial charge in [-0.1, -0.05) is 27.7 Å². The van der Waals surface area contributed by atoms with Crippen LogP contribution in [0.3, 0.4) is 0 Å². The first-order valence-electron chi connectivity index (χ1n) is 26.4. The highest BCUT2D eigenvalue weighted by atomic mass is 16.8. The second-order valence-corrected chi connectivity index (χ2v) is 23.0. The normalized spacial score (nSPS) is 46.8. The summed E-state index contributed by atoms with van der Waals surface area (Å²) in [5, 5.41) is 0. The molecule has 0 aromatic heterocycles. The topological polar surface area (TPSA) is 239 Å². The number of carbonyl (C=O) groups is 7. The molecule has 0 aromatic rings. The summed E-state index contributed by atoms with van der Waals surface area (Å²) in [5.41, 5.74) is -0.466. The van der Waals surface area contributed by atoms with Gasteiger partial charge in [-0.3, -0.25) is 33.6 Å². The summed E-state index contributed by atoms with van der Waals surface area (Å²) in [5.74, 6) is -4.82. The van der Waals surface area contributed by atoms with Crippen LogP contribution in [0, 0.1) is 52.3 Å². The standard InChI is InChI=1S/C53H78O20/c1-23-18-41(65-28(6)55)53(61-22-23)24(2)42-40(73-53)21-37-35-20-39(38-19-34(64-27(5)54)14-16-51(38,12)36(35)15-17-52(37,42)13)71-49-48(70-33(11)60)46(44(26(4)62-49)67-30(8)57)72-50-47(69-32(10)59)45(68-31(9)58)43(25(3)63-50)66-29(7)56/h23-26,34-50H,14-22H2,1-13H3/t23-,24+,25+,26-,34+,35-,36+,37+,38-,39+,40+,41+,42+,43+,44-,45-,46+,47-,48-,49+,50+,51-,52+,53+/m1/s1. The predicted molar refractivity (Wildman–Crippen MR) is 250 cm³/mol. The quantitative estimate of drug-likeness (QED) is 0.142. The van der Waals surface area contributed by atoms with E-state index in [1.807, 2.05) is 0 Å². The van der Waals surface area contributed by atoms with Gasteiger partial charge in [0.25, 0.3) is 0 Å². The molecule has 0 amide bonds. The fourth-order valence-electron chi connectivity index (χ4n) is 15.5. The van der Waals surface area contributed by atoms with Gasteiger partial charge >= 0.3 is 41.8 Å². The summed E-state index contributed by atoms with van der Waals surface area (Å²) in [7, 11) is 0. The van der Waals surface area contributed by atoms with Gasteiger partial charge in [0, 0.05) is 54.4 Å². The van der Waals surface area contributed by atoms with Crippen molar-refractivity contribution in [1.82, 2.24) is 0 Å². The lowest BCUT2D eigenvalue weighted by molar-refractivity contribution is -0.365. The van der Waals surface area contributed by atoms with Crippen LogP contribution in [0.1, 0.15) is 141 Å². The summed E-state index contributed by atoms with van der Waals surface area (Å²) in [6.45, 7) is 21.4. The molecule has 4 aliphatic heterocycles. The Morgan fingerprint density at radius 1 is 0.493 bits per heavy atom. The second-order valence-electron chi connectivity index (χ2n) is 23.0. The minimum atomic E-state index is -1.58. The summed E-state index contributed by atoms with van der Waals surface area (Å²) in [6.07, 6.45) is -8.93. The highest BCUT2D eigenvalue weighted by molar-refractivity contribution is 5.69. The molecule has 1 spiro atoms. The van der Waals surface area contributed by atoms with Crippen LogP contribution in [0.15, 0.2) is 0 Å². The van der Waals surface area contributed by atoms with Gasteiger partial charge in [-0.15, -0.1) is 0 Å². The summed E-state index contributed by atoms with van der Waals surface area (Å²) >= 11 is 0. The van der Waals surface area contributed by atoms with E-state index in [0.717, 1.165) is 39.5 Å². The van der Waals surface area contributed by atoms with Crippen molar-refractivity contribution >= 4 is 41.8 Å². The maximum atomic E-state index is 13.3. The molecule has 8 aliphatic rings. The lowest BCUT2D eigenvalue weighted by atomic mass is 9.43. The first-order valence-corrected chi connectivity index (χ1v) is 26.4. The van der Waals surface area contributed by atoms with Crippen LogP contribution in [0.2, 0.25) is 0 Å². The van der Waals surface area contributed by atoms with E-state index < -0.39 is 109 Å².